The van der Waals surface area contributed by atoms with E-state index < -0.39 is 28.2 Å². The molecule has 1 amide bonds. The molecular formula is C9H18N2O5S. The van der Waals surface area contributed by atoms with Crippen LogP contribution in [0.4, 0.5) is 0 Å². The second-order valence-electron chi connectivity index (χ2n) is 3.46. The van der Waals surface area contributed by atoms with Crippen molar-refractivity contribution >= 4 is 21.9 Å². The predicted octanol–water partition coefficient (Wildman–Crippen LogP) is -0.703. The second kappa shape index (κ2) is 8.02. The van der Waals surface area contributed by atoms with Crippen molar-refractivity contribution in [1.29, 1.82) is 0 Å². The van der Waals surface area contributed by atoms with E-state index in [1.807, 2.05) is 6.92 Å². The van der Waals surface area contributed by atoms with Crippen molar-refractivity contribution < 1.29 is 23.1 Å². The fourth-order valence-electron chi connectivity index (χ4n) is 0.967. The zero-order chi connectivity index (χ0) is 13.3. The molecule has 0 aromatic carbocycles. The molecule has 0 fully saturated rings. The number of sulfonamides is 1. The third-order valence-electron chi connectivity index (χ3n) is 1.83. The first-order valence-electron chi connectivity index (χ1n) is 5.33. The van der Waals surface area contributed by atoms with E-state index in [0.717, 1.165) is 6.42 Å². The number of nitrogens with one attached hydrogen (secondary N) is 2. The fraction of sp³-hybridized carbons (Fsp3) is 0.778. The van der Waals surface area contributed by atoms with Crippen LogP contribution in [0.3, 0.4) is 0 Å². The van der Waals surface area contributed by atoms with Crippen LogP contribution in [-0.4, -0.2) is 44.2 Å². The van der Waals surface area contributed by atoms with Gasteiger partial charge in [0, 0.05) is 19.5 Å². The number of rotatable bonds is 9. The minimum absolute atomic E-state index is 0.0164. The van der Waals surface area contributed by atoms with Gasteiger partial charge in [-0.1, -0.05) is 6.92 Å². The highest BCUT2D eigenvalue weighted by Gasteiger charge is 2.12. The number of amides is 1. The summed E-state index contributed by atoms with van der Waals surface area (Å²) < 4.78 is 24.6. The Labute approximate surface area is 101 Å². The lowest BCUT2D eigenvalue weighted by Crippen LogP contribution is -2.32. The van der Waals surface area contributed by atoms with Gasteiger partial charge < -0.3 is 10.4 Å². The summed E-state index contributed by atoms with van der Waals surface area (Å²) in [7, 11) is -3.60. The minimum atomic E-state index is -3.60. The minimum Gasteiger partial charge on any atom is -0.481 e. The van der Waals surface area contributed by atoms with Crippen LogP contribution in [0.25, 0.3) is 0 Å². The Morgan fingerprint density at radius 3 is 2.35 bits per heavy atom. The first-order valence-corrected chi connectivity index (χ1v) is 6.98. The molecule has 0 bridgehead atoms. The van der Waals surface area contributed by atoms with Crippen LogP contribution >= 0.6 is 0 Å². The number of carboxylic acid groups (broad SMARTS) is 1. The van der Waals surface area contributed by atoms with Gasteiger partial charge >= 0.3 is 5.97 Å². The number of carbonyl (C=O) groups excluding carboxylic acids is 1. The molecule has 0 aromatic heterocycles. The monoisotopic (exact) mass is 266 g/mol. The van der Waals surface area contributed by atoms with Crippen molar-refractivity contribution in [3.8, 4) is 0 Å². The Kier molecular flexibility index (Phi) is 7.47. The molecule has 8 heteroatoms. The van der Waals surface area contributed by atoms with Gasteiger partial charge in [0.2, 0.25) is 15.9 Å². The largest absolute Gasteiger partial charge is 0.481 e. The molecule has 100 valence electrons. The summed E-state index contributed by atoms with van der Waals surface area (Å²) in [5.41, 5.74) is 0. The normalized spacial score (nSPS) is 11.1. The van der Waals surface area contributed by atoms with Gasteiger partial charge in [-0.3, -0.25) is 9.59 Å². The molecule has 0 heterocycles. The first-order chi connectivity index (χ1) is 7.87. The summed E-state index contributed by atoms with van der Waals surface area (Å²) in [6.45, 7) is 2.46. The van der Waals surface area contributed by atoms with E-state index in [2.05, 4.69) is 10.0 Å². The summed E-state index contributed by atoms with van der Waals surface area (Å²) in [6.07, 6.45) is 0.416. The molecule has 0 radical (unpaired) electrons. The zero-order valence-corrected chi connectivity index (χ0v) is 10.5. The molecule has 0 rings (SSSR count). The molecule has 7 nitrogen and oxygen atoms in total. The molecule has 0 aromatic rings. The highest BCUT2D eigenvalue weighted by atomic mass is 32.2. The van der Waals surface area contributed by atoms with Gasteiger partial charge in [-0.05, 0) is 6.42 Å². The third kappa shape index (κ3) is 9.76. The number of carbonyl (C=O) groups is 2. The van der Waals surface area contributed by atoms with Crippen molar-refractivity contribution in [3.63, 3.8) is 0 Å². The maximum atomic E-state index is 11.2. The number of aliphatic carboxylic acids is 1. The van der Waals surface area contributed by atoms with E-state index in [0.29, 0.717) is 6.54 Å². The lowest BCUT2D eigenvalue weighted by molar-refractivity contribution is -0.136. The van der Waals surface area contributed by atoms with Gasteiger partial charge in [-0.25, -0.2) is 13.1 Å². The quantitative estimate of drug-likeness (QED) is 0.510. The summed E-state index contributed by atoms with van der Waals surface area (Å²) in [5.74, 6) is -1.87. The van der Waals surface area contributed by atoms with Crippen molar-refractivity contribution in [3.05, 3.63) is 0 Å². The van der Waals surface area contributed by atoms with E-state index in [1.165, 1.54) is 0 Å². The Morgan fingerprint density at radius 2 is 1.82 bits per heavy atom. The topological polar surface area (TPSA) is 113 Å². The van der Waals surface area contributed by atoms with Crippen LogP contribution in [0.1, 0.15) is 26.2 Å². The average Bonchev–Trinajstić information content (AvgIpc) is 2.23. The third-order valence-corrected chi connectivity index (χ3v) is 3.22. The maximum Gasteiger partial charge on any atom is 0.304 e. The Bertz CT molecular complexity index is 352. The van der Waals surface area contributed by atoms with Crippen molar-refractivity contribution in [1.82, 2.24) is 10.0 Å². The summed E-state index contributed by atoms with van der Waals surface area (Å²) in [4.78, 5) is 21.3. The molecule has 0 unspecified atom stereocenters. The molecule has 0 saturated heterocycles. The Balaban J connectivity index is 3.79. The van der Waals surface area contributed by atoms with Crippen LogP contribution in [0.15, 0.2) is 0 Å². The van der Waals surface area contributed by atoms with Crippen LogP contribution in [-0.2, 0) is 19.6 Å². The highest BCUT2D eigenvalue weighted by Crippen LogP contribution is 1.90. The second-order valence-corrected chi connectivity index (χ2v) is 5.38. The molecule has 0 spiro atoms. The molecule has 3 N–H and O–H groups in total. The number of hydrogen-bond acceptors (Lipinski definition) is 4. The lowest BCUT2D eigenvalue weighted by atomic mass is 10.4. The summed E-state index contributed by atoms with van der Waals surface area (Å²) in [5, 5.41) is 10.9. The van der Waals surface area contributed by atoms with Crippen molar-refractivity contribution in [2.24, 2.45) is 0 Å². The van der Waals surface area contributed by atoms with Crippen molar-refractivity contribution in [2.45, 2.75) is 26.2 Å². The van der Waals surface area contributed by atoms with Crippen LogP contribution < -0.4 is 10.0 Å². The van der Waals surface area contributed by atoms with E-state index in [9.17, 15) is 18.0 Å². The Hall–Kier alpha value is -1.15. The molecule has 0 aliphatic rings. The predicted molar refractivity (Wildman–Crippen MR) is 62.0 cm³/mol. The molecule has 0 aliphatic heterocycles. The lowest BCUT2D eigenvalue weighted by Gasteiger charge is -2.05. The van der Waals surface area contributed by atoms with E-state index in [4.69, 9.17) is 5.11 Å². The first kappa shape index (κ1) is 15.9. The van der Waals surface area contributed by atoms with E-state index in [-0.39, 0.29) is 18.9 Å². The molecular weight excluding hydrogens is 248 g/mol. The smallest absolute Gasteiger partial charge is 0.304 e. The SMILES string of the molecule is CCCNC(=O)CCNS(=O)(=O)CCC(=O)O. The average molecular weight is 266 g/mol. The van der Waals surface area contributed by atoms with Gasteiger partial charge in [-0.2, -0.15) is 0 Å². The van der Waals surface area contributed by atoms with Crippen LogP contribution in [0.2, 0.25) is 0 Å². The van der Waals surface area contributed by atoms with E-state index in [1.54, 1.807) is 0 Å². The molecule has 0 atom stereocenters. The molecule has 17 heavy (non-hydrogen) atoms. The summed E-state index contributed by atoms with van der Waals surface area (Å²) >= 11 is 0. The molecule has 0 aliphatic carbocycles. The van der Waals surface area contributed by atoms with Crippen molar-refractivity contribution in [2.75, 3.05) is 18.8 Å². The Morgan fingerprint density at radius 1 is 1.18 bits per heavy atom. The van der Waals surface area contributed by atoms with Gasteiger partial charge in [0.15, 0.2) is 0 Å². The zero-order valence-electron chi connectivity index (χ0n) is 9.73. The van der Waals surface area contributed by atoms with E-state index >= 15 is 0 Å². The van der Waals surface area contributed by atoms with Gasteiger partial charge in [0.1, 0.15) is 0 Å². The number of hydrogen-bond donors (Lipinski definition) is 3. The standard InChI is InChI=1S/C9H18N2O5S/c1-2-5-10-8(12)3-6-11-17(15,16)7-4-9(13)14/h11H,2-7H2,1H3,(H,10,12)(H,13,14). The van der Waals surface area contributed by atoms with Crippen LogP contribution in [0.5, 0.6) is 0 Å². The number of carboxylic acids is 1. The summed E-state index contributed by atoms with van der Waals surface area (Å²) in [6, 6.07) is 0. The molecule has 0 saturated carbocycles. The van der Waals surface area contributed by atoms with Gasteiger partial charge in [0.05, 0.1) is 12.2 Å². The van der Waals surface area contributed by atoms with Gasteiger partial charge in [-0.15, -0.1) is 0 Å². The fourth-order valence-corrected chi connectivity index (χ4v) is 1.97. The highest BCUT2D eigenvalue weighted by molar-refractivity contribution is 7.89. The maximum absolute atomic E-state index is 11.2. The van der Waals surface area contributed by atoms with Gasteiger partial charge in [0.25, 0.3) is 0 Å². The van der Waals surface area contributed by atoms with Crippen LogP contribution in [0, 0.1) is 0 Å².